The van der Waals surface area contributed by atoms with E-state index in [1.54, 1.807) is 4.90 Å². The third-order valence-electron chi connectivity index (χ3n) is 4.75. The molecule has 2 aliphatic rings. The summed E-state index contributed by atoms with van der Waals surface area (Å²) in [6.45, 7) is 4.60. The van der Waals surface area contributed by atoms with E-state index in [-0.39, 0.29) is 12.1 Å². The van der Waals surface area contributed by atoms with E-state index in [0.29, 0.717) is 6.54 Å². The van der Waals surface area contributed by atoms with Crippen LogP contribution in [0, 0.1) is 6.92 Å². The van der Waals surface area contributed by atoms with Gasteiger partial charge in [-0.1, -0.05) is 48.0 Å². The first-order valence-electron chi connectivity index (χ1n) is 7.97. The van der Waals surface area contributed by atoms with E-state index in [2.05, 4.69) is 18.3 Å². The number of fused-ring (bicyclic) bond motifs is 4. The van der Waals surface area contributed by atoms with Gasteiger partial charge in [0, 0.05) is 12.0 Å². The highest BCUT2D eigenvalue weighted by Crippen LogP contribution is 2.44. The molecule has 0 saturated carbocycles. The van der Waals surface area contributed by atoms with Crippen LogP contribution in [0.15, 0.2) is 48.5 Å². The summed E-state index contributed by atoms with van der Waals surface area (Å²) in [6, 6.07) is 16.1. The largest absolute Gasteiger partial charge is 0.468 e. The van der Waals surface area contributed by atoms with Crippen LogP contribution in [0.4, 0.5) is 4.79 Å². The molecular formula is C19H20N2O2. The van der Waals surface area contributed by atoms with Gasteiger partial charge in [0.05, 0.1) is 12.6 Å². The van der Waals surface area contributed by atoms with Crippen molar-refractivity contribution in [3.63, 3.8) is 0 Å². The molecular weight excluding hydrogens is 288 g/mol. The highest BCUT2D eigenvalue weighted by molar-refractivity contribution is 5.77. The zero-order valence-corrected chi connectivity index (χ0v) is 13.4. The Bertz CT molecular complexity index is 759. The van der Waals surface area contributed by atoms with Gasteiger partial charge in [-0.3, -0.25) is 4.90 Å². The van der Waals surface area contributed by atoms with Crippen molar-refractivity contribution in [3.05, 3.63) is 65.2 Å². The molecule has 4 rings (SSSR count). The molecule has 0 spiro atoms. The Hall–Kier alpha value is -2.49. The van der Waals surface area contributed by atoms with E-state index in [9.17, 15) is 4.79 Å². The molecule has 2 aromatic carbocycles. The molecule has 1 saturated heterocycles. The fraction of sp³-hybridized carbons (Fsp3) is 0.316. The van der Waals surface area contributed by atoms with Crippen molar-refractivity contribution < 1.29 is 9.53 Å². The number of aryl methyl sites for hydroxylation is 1. The Morgan fingerprint density at radius 1 is 1.26 bits per heavy atom. The zero-order chi connectivity index (χ0) is 16.0. The minimum Gasteiger partial charge on any atom is -0.468 e. The fourth-order valence-corrected chi connectivity index (χ4v) is 3.54. The molecule has 118 valence electrons. The summed E-state index contributed by atoms with van der Waals surface area (Å²) < 4.78 is 6.27. The molecule has 4 heteroatoms. The zero-order valence-electron chi connectivity index (χ0n) is 13.4. The van der Waals surface area contributed by atoms with Gasteiger partial charge in [0.15, 0.2) is 5.72 Å². The minimum atomic E-state index is -0.620. The molecule has 2 bridgehead atoms. The molecule has 4 nitrogen and oxygen atoms in total. The number of ether oxygens (including phenoxy) is 1. The maximum Gasteiger partial charge on any atom is 0.321 e. The summed E-state index contributed by atoms with van der Waals surface area (Å²) >= 11 is 0. The van der Waals surface area contributed by atoms with E-state index in [0.717, 1.165) is 23.3 Å². The second-order valence-electron chi connectivity index (χ2n) is 6.60. The Balaban J connectivity index is 1.69. The van der Waals surface area contributed by atoms with Gasteiger partial charge in [-0.15, -0.1) is 0 Å². The summed E-state index contributed by atoms with van der Waals surface area (Å²) in [6.07, 6.45) is 0.752. The van der Waals surface area contributed by atoms with Gasteiger partial charge in [-0.2, -0.15) is 0 Å². The summed E-state index contributed by atoms with van der Waals surface area (Å²) in [4.78, 5) is 14.4. The van der Waals surface area contributed by atoms with Crippen LogP contribution in [0.25, 0.3) is 0 Å². The first kappa shape index (κ1) is 14.1. The van der Waals surface area contributed by atoms with Crippen LogP contribution in [-0.4, -0.2) is 16.7 Å². The molecule has 2 aromatic rings. The van der Waals surface area contributed by atoms with Crippen molar-refractivity contribution in [1.82, 2.24) is 10.2 Å². The van der Waals surface area contributed by atoms with Crippen LogP contribution in [0.2, 0.25) is 0 Å². The van der Waals surface area contributed by atoms with Crippen molar-refractivity contribution in [2.45, 2.75) is 38.6 Å². The van der Waals surface area contributed by atoms with E-state index < -0.39 is 5.72 Å². The lowest BCUT2D eigenvalue weighted by molar-refractivity contribution is -0.0879. The number of carbonyl (C=O) groups excluding carboxylic acids is 1. The van der Waals surface area contributed by atoms with Crippen LogP contribution in [0.5, 0.6) is 5.75 Å². The van der Waals surface area contributed by atoms with Gasteiger partial charge in [0.1, 0.15) is 5.75 Å². The maximum atomic E-state index is 12.6. The quantitative estimate of drug-likeness (QED) is 0.918. The summed E-state index contributed by atoms with van der Waals surface area (Å²) in [5.41, 5.74) is 2.73. The van der Waals surface area contributed by atoms with Crippen molar-refractivity contribution >= 4 is 6.03 Å². The number of amides is 2. The molecule has 0 unspecified atom stereocenters. The molecule has 23 heavy (non-hydrogen) atoms. The van der Waals surface area contributed by atoms with Gasteiger partial charge in [-0.05, 0) is 25.5 Å². The highest BCUT2D eigenvalue weighted by atomic mass is 16.5. The monoisotopic (exact) mass is 308 g/mol. The predicted molar refractivity (Wildman–Crippen MR) is 88.1 cm³/mol. The summed E-state index contributed by atoms with van der Waals surface area (Å²) in [5.74, 6) is 0.868. The van der Waals surface area contributed by atoms with Gasteiger partial charge in [-0.25, -0.2) is 4.79 Å². The van der Waals surface area contributed by atoms with Gasteiger partial charge >= 0.3 is 6.03 Å². The van der Waals surface area contributed by atoms with Crippen molar-refractivity contribution in [2.75, 3.05) is 0 Å². The summed E-state index contributed by atoms with van der Waals surface area (Å²) in [7, 11) is 0. The molecule has 2 amide bonds. The fourth-order valence-electron chi connectivity index (χ4n) is 3.54. The Morgan fingerprint density at radius 3 is 2.83 bits per heavy atom. The van der Waals surface area contributed by atoms with E-state index >= 15 is 0 Å². The number of carbonyl (C=O) groups is 1. The second kappa shape index (κ2) is 5.01. The smallest absolute Gasteiger partial charge is 0.321 e. The van der Waals surface area contributed by atoms with Gasteiger partial charge < -0.3 is 10.1 Å². The maximum absolute atomic E-state index is 12.6. The molecule has 2 atom stereocenters. The molecule has 0 radical (unpaired) electrons. The van der Waals surface area contributed by atoms with Crippen LogP contribution in [0.1, 0.15) is 36.1 Å². The number of nitrogens with zero attached hydrogens (tertiary/aromatic N) is 1. The first-order chi connectivity index (χ1) is 11.0. The number of hydrogen-bond donors (Lipinski definition) is 1. The molecule has 1 fully saturated rings. The number of hydrogen-bond acceptors (Lipinski definition) is 2. The molecule has 0 aromatic heterocycles. The standard InChI is InChI=1S/C19H20N2O2/c1-13-8-9-17-15(10-13)16-11-19(2,23-17)21(18(22)20-16)12-14-6-4-3-5-7-14/h3-10,16H,11-12H2,1-2H3,(H,20,22)/t16-,19+/m1/s1. The average molecular weight is 308 g/mol. The van der Waals surface area contributed by atoms with Crippen LogP contribution < -0.4 is 10.1 Å². The van der Waals surface area contributed by atoms with Gasteiger partial charge in [0.25, 0.3) is 0 Å². The van der Waals surface area contributed by atoms with Crippen molar-refractivity contribution in [2.24, 2.45) is 0 Å². The van der Waals surface area contributed by atoms with Crippen LogP contribution >= 0.6 is 0 Å². The Labute approximate surface area is 136 Å². The van der Waals surface area contributed by atoms with Crippen LogP contribution in [-0.2, 0) is 6.54 Å². The lowest BCUT2D eigenvalue weighted by Gasteiger charge is -2.50. The number of urea groups is 1. The lowest BCUT2D eigenvalue weighted by atomic mass is 9.89. The first-order valence-corrected chi connectivity index (χ1v) is 7.97. The molecule has 2 aliphatic heterocycles. The third kappa shape index (κ3) is 2.34. The minimum absolute atomic E-state index is 0.0168. The van der Waals surface area contributed by atoms with E-state index in [4.69, 9.17) is 4.74 Å². The Morgan fingerprint density at radius 2 is 2.04 bits per heavy atom. The van der Waals surface area contributed by atoms with Crippen molar-refractivity contribution in [3.8, 4) is 5.75 Å². The second-order valence-corrected chi connectivity index (χ2v) is 6.60. The molecule has 0 aliphatic carbocycles. The number of benzene rings is 2. The SMILES string of the molecule is Cc1ccc2c(c1)[C@H]1C[C@](C)(O2)N(Cc2ccccc2)C(=O)N1. The average Bonchev–Trinajstić information content (AvgIpc) is 2.53. The number of nitrogens with one attached hydrogen (secondary N) is 1. The normalized spacial score (nSPS) is 25.4. The van der Waals surface area contributed by atoms with E-state index in [1.807, 2.05) is 49.4 Å². The van der Waals surface area contributed by atoms with E-state index in [1.165, 1.54) is 5.56 Å². The van der Waals surface area contributed by atoms with Crippen molar-refractivity contribution in [1.29, 1.82) is 0 Å². The summed E-state index contributed by atoms with van der Waals surface area (Å²) in [5, 5.41) is 3.13. The third-order valence-corrected chi connectivity index (χ3v) is 4.75. The lowest BCUT2D eigenvalue weighted by Crippen LogP contribution is -2.64. The number of rotatable bonds is 2. The van der Waals surface area contributed by atoms with Gasteiger partial charge in [0.2, 0.25) is 0 Å². The van der Waals surface area contributed by atoms with Crippen LogP contribution in [0.3, 0.4) is 0 Å². The predicted octanol–water partition coefficient (Wildman–Crippen LogP) is 3.76. The Kier molecular flexibility index (Phi) is 3.08. The highest BCUT2D eigenvalue weighted by Gasteiger charge is 2.48. The topological polar surface area (TPSA) is 41.6 Å². The molecule has 1 N–H and O–H groups in total. The molecule has 2 heterocycles.